The van der Waals surface area contributed by atoms with Crippen molar-refractivity contribution in [1.82, 2.24) is 19.8 Å². The van der Waals surface area contributed by atoms with Crippen LogP contribution in [0.15, 0.2) is 73.2 Å². The molecule has 0 spiro atoms. The van der Waals surface area contributed by atoms with E-state index in [1.54, 1.807) is 24.7 Å². The van der Waals surface area contributed by atoms with Crippen LogP contribution in [0.5, 0.6) is 0 Å². The third kappa shape index (κ3) is 5.18. The smallest absolute Gasteiger partial charge is 0.254 e. The van der Waals surface area contributed by atoms with Gasteiger partial charge in [-0.1, -0.05) is 30.3 Å². The highest BCUT2D eigenvalue weighted by Crippen LogP contribution is 2.14. The first kappa shape index (κ1) is 19.1. The van der Waals surface area contributed by atoms with Crippen molar-refractivity contribution in [3.8, 4) is 0 Å². The number of nitrogens with zero attached hydrogens (tertiary/aromatic N) is 4. The fourth-order valence-electron chi connectivity index (χ4n) is 3.49. The zero-order chi connectivity index (χ0) is 19.9. The number of pyridine rings is 2. The van der Waals surface area contributed by atoms with Gasteiger partial charge in [0.1, 0.15) is 5.82 Å². The van der Waals surface area contributed by atoms with Crippen molar-refractivity contribution in [2.45, 2.75) is 13.1 Å². The average Bonchev–Trinajstić information content (AvgIpc) is 2.79. The number of amides is 1. The molecule has 0 bridgehead atoms. The van der Waals surface area contributed by atoms with Crippen LogP contribution in [-0.2, 0) is 13.1 Å². The summed E-state index contributed by atoms with van der Waals surface area (Å²) in [7, 11) is 0. The first-order valence-corrected chi connectivity index (χ1v) is 9.92. The lowest BCUT2D eigenvalue weighted by Crippen LogP contribution is -2.48. The topological polar surface area (TPSA) is 61.4 Å². The normalized spacial score (nSPS) is 14.6. The molecule has 1 aromatic carbocycles. The van der Waals surface area contributed by atoms with E-state index < -0.39 is 0 Å². The van der Waals surface area contributed by atoms with Crippen LogP contribution in [0.4, 0.5) is 5.82 Å². The number of rotatable bonds is 6. The van der Waals surface area contributed by atoms with E-state index in [1.807, 2.05) is 29.2 Å². The maximum Gasteiger partial charge on any atom is 0.254 e. The van der Waals surface area contributed by atoms with Crippen molar-refractivity contribution in [2.24, 2.45) is 0 Å². The second-order valence-electron chi connectivity index (χ2n) is 7.19. The summed E-state index contributed by atoms with van der Waals surface area (Å²) in [5, 5.41) is 3.28. The molecule has 1 aliphatic heterocycles. The van der Waals surface area contributed by atoms with Gasteiger partial charge in [0.25, 0.3) is 5.91 Å². The lowest BCUT2D eigenvalue weighted by molar-refractivity contribution is 0.0628. The second-order valence-corrected chi connectivity index (χ2v) is 7.19. The molecule has 1 saturated heterocycles. The molecule has 0 atom stereocenters. The van der Waals surface area contributed by atoms with Crippen LogP contribution in [0.2, 0.25) is 0 Å². The summed E-state index contributed by atoms with van der Waals surface area (Å²) in [6.45, 7) is 4.84. The first-order chi connectivity index (χ1) is 14.3. The molecule has 29 heavy (non-hydrogen) atoms. The molecule has 1 amide bonds. The van der Waals surface area contributed by atoms with Gasteiger partial charge in [-0.2, -0.15) is 0 Å². The van der Waals surface area contributed by atoms with E-state index in [9.17, 15) is 4.79 Å². The Labute approximate surface area is 171 Å². The summed E-state index contributed by atoms with van der Waals surface area (Å²) in [5.41, 5.74) is 3.10. The van der Waals surface area contributed by atoms with Gasteiger partial charge in [-0.3, -0.25) is 14.7 Å². The van der Waals surface area contributed by atoms with Crippen LogP contribution in [0.3, 0.4) is 0 Å². The van der Waals surface area contributed by atoms with Crippen LogP contribution in [0, 0.1) is 0 Å². The minimum absolute atomic E-state index is 0.0683. The highest BCUT2D eigenvalue weighted by Gasteiger charge is 2.22. The lowest BCUT2D eigenvalue weighted by atomic mass is 10.1. The van der Waals surface area contributed by atoms with Crippen molar-refractivity contribution in [3.05, 3.63) is 89.9 Å². The summed E-state index contributed by atoms with van der Waals surface area (Å²) < 4.78 is 0. The SMILES string of the molecule is O=C(c1ccnc(NCc2ccncc2)c1)N1CCN(Cc2ccccc2)CC1. The standard InChI is InChI=1S/C23H25N5O/c29-23(28-14-12-27(13-15-28)18-20-4-2-1-3-5-20)21-8-11-25-22(16-21)26-17-19-6-9-24-10-7-19/h1-11,16H,12-15,17-18H2,(H,25,26). The molecule has 0 aliphatic carbocycles. The second kappa shape index (κ2) is 9.30. The van der Waals surface area contributed by atoms with Crippen LogP contribution in [0.25, 0.3) is 0 Å². The third-order valence-electron chi connectivity index (χ3n) is 5.14. The van der Waals surface area contributed by atoms with Gasteiger partial charge in [-0.05, 0) is 35.4 Å². The van der Waals surface area contributed by atoms with Crippen molar-refractivity contribution < 1.29 is 4.79 Å². The zero-order valence-corrected chi connectivity index (χ0v) is 16.4. The summed E-state index contributed by atoms with van der Waals surface area (Å²) >= 11 is 0. The van der Waals surface area contributed by atoms with E-state index in [0.717, 1.165) is 38.3 Å². The number of carbonyl (C=O) groups is 1. The molecule has 1 N–H and O–H groups in total. The van der Waals surface area contributed by atoms with Crippen LogP contribution in [-0.4, -0.2) is 51.9 Å². The van der Waals surface area contributed by atoms with Gasteiger partial charge in [0, 0.05) is 63.4 Å². The summed E-state index contributed by atoms with van der Waals surface area (Å²) in [5.74, 6) is 0.772. The molecule has 6 heteroatoms. The van der Waals surface area contributed by atoms with Gasteiger partial charge in [0.05, 0.1) is 0 Å². The largest absolute Gasteiger partial charge is 0.366 e. The zero-order valence-electron chi connectivity index (χ0n) is 16.4. The predicted molar refractivity (Wildman–Crippen MR) is 113 cm³/mol. The number of aromatic nitrogens is 2. The van der Waals surface area contributed by atoms with Crippen molar-refractivity contribution in [2.75, 3.05) is 31.5 Å². The number of nitrogens with one attached hydrogen (secondary N) is 1. The Morgan fingerprint density at radius 1 is 0.897 bits per heavy atom. The fraction of sp³-hybridized carbons (Fsp3) is 0.261. The summed E-state index contributed by atoms with van der Waals surface area (Å²) in [4.78, 5) is 25.6. The van der Waals surface area contributed by atoms with Crippen molar-refractivity contribution in [3.63, 3.8) is 0 Å². The summed E-state index contributed by atoms with van der Waals surface area (Å²) in [6.07, 6.45) is 5.22. The van der Waals surface area contributed by atoms with Gasteiger partial charge in [-0.25, -0.2) is 4.98 Å². The highest BCUT2D eigenvalue weighted by molar-refractivity contribution is 5.94. The van der Waals surface area contributed by atoms with Crippen LogP contribution < -0.4 is 5.32 Å². The van der Waals surface area contributed by atoms with E-state index in [0.29, 0.717) is 17.9 Å². The predicted octanol–water partition coefficient (Wildman–Crippen LogP) is 3.05. The van der Waals surface area contributed by atoms with Gasteiger partial charge >= 0.3 is 0 Å². The van der Waals surface area contributed by atoms with E-state index in [4.69, 9.17) is 0 Å². The number of piperazine rings is 1. The van der Waals surface area contributed by atoms with Crippen LogP contribution >= 0.6 is 0 Å². The Hall–Kier alpha value is -3.25. The van der Waals surface area contributed by atoms with Crippen molar-refractivity contribution in [1.29, 1.82) is 0 Å². The molecule has 3 aromatic rings. The molecular formula is C23H25N5O. The fourth-order valence-corrected chi connectivity index (χ4v) is 3.49. The molecule has 1 aliphatic rings. The van der Waals surface area contributed by atoms with Gasteiger partial charge in [-0.15, -0.1) is 0 Å². The minimum atomic E-state index is 0.0683. The molecule has 148 valence electrons. The molecule has 0 saturated carbocycles. The number of hydrogen-bond acceptors (Lipinski definition) is 5. The Bertz CT molecular complexity index is 924. The lowest BCUT2D eigenvalue weighted by Gasteiger charge is -2.34. The Morgan fingerprint density at radius 3 is 2.41 bits per heavy atom. The minimum Gasteiger partial charge on any atom is -0.366 e. The Morgan fingerprint density at radius 2 is 1.66 bits per heavy atom. The number of anilines is 1. The molecule has 2 aromatic heterocycles. The Kier molecular flexibility index (Phi) is 6.12. The maximum absolute atomic E-state index is 12.9. The van der Waals surface area contributed by atoms with Gasteiger partial charge in [0.2, 0.25) is 0 Å². The molecule has 6 nitrogen and oxygen atoms in total. The Balaban J connectivity index is 1.31. The summed E-state index contributed by atoms with van der Waals surface area (Å²) in [6, 6.07) is 18.0. The monoisotopic (exact) mass is 387 g/mol. The number of benzene rings is 1. The van der Waals surface area contributed by atoms with Crippen molar-refractivity contribution >= 4 is 11.7 Å². The maximum atomic E-state index is 12.9. The van der Waals surface area contributed by atoms with E-state index in [2.05, 4.69) is 44.5 Å². The van der Waals surface area contributed by atoms with Gasteiger partial charge < -0.3 is 10.2 Å². The quantitative estimate of drug-likeness (QED) is 0.704. The molecule has 3 heterocycles. The first-order valence-electron chi connectivity index (χ1n) is 9.92. The molecule has 1 fully saturated rings. The van der Waals surface area contributed by atoms with Crippen LogP contribution in [0.1, 0.15) is 21.5 Å². The van der Waals surface area contributed by atoms with E-state index in [1.165, 1.54) is 5.56 Å². The van der Waals surface area contributed by atoms with E-state index in [-0.39, 0.29) is 5.91 Å². The van der Waals surface area contributed by atoms with Gasteiger partial charge in [0.15, 0.2) is 0 Å². The highest BCUT2D eigenvalue weighted by atomic mass is 16.2. The third-order valence-corrected chi connectivity index (χ3v) is 5.14. The molecular weight excluding hydrogens is 362 g/mol. The molecule has 0 radical (unpaired) electrons. The molecule has 4 rings (SSSR count). The molecule has 0 unspecified atom stereocenters. The average molecular weight is 387 g/mol. The van der Waals surface area contributed by atoms with E-state index >= 15 is 0 Å². The number of carbonyl (C=O) groups excluding carboxylic acids is 1. The number of hydrogen-bond donors (Lipinski definition) is 1.